The van der Waals surface area contributed by atoms with Crippen molar-refractivity contribution in [1.82, 2.24) is 4.90 Å². The molecule has 1 aliphatic heterocycles. The zero-order valence-corrected chi connectivity index (χ0v) is 12.4. The zero-order valence-electron chi connectivity index (χ0n) is 10.9. The van der Waals surface area contributed by atoms with Gasteiger partial charge in [-0.2, -0.15) is 0 Å². The third-order valence-corrected chi connectivity index (χ3v) is 5.02. The summed E-state index contributed by atoms with van der Waals surface area (Å²) in [5.41, 5.74) is -0.120. The molecule has 0 atom stereocenters. The van der Waals surface area contributed by atoms with Crippen molar-refractivity contribution in [2.24, 2.45) is 0 Å². The van der Waals surface area contributed by atoms with Crippen molar-refractivity contribution in [2.75, 3.05) is 29.9 Å². The molecule has 1 aromatic carbocycles. The average Bonchev–Trinajstić information content (AvgIpc) is 2.38. The molecule has 0 radical (unpaired) electrons. The van der Waals surface area contributed by atoms with Gasteiger partial charge in [0, 0.05) is 13.1 Å². The van der Waals surface area contributed by atoms with Crippen LogP contribution in [-0.2, 0) is 9.84 Å². The van der Waals surface area contributed by atoms with E-state index >= 15 is 0 Å². The molecule has 1 aromatic rings. The lowest BCUT2D eigenvalue weighted by Gasteiger charge is -2.27. The fourth-order valence-electron chi connectivity index (χ4n) is 1.96. The summed E-state index contributed by atoms with van der Waals surface area (Å²) >= 11 is 5.81. The highest BCUT2D eigenvalue weighted by Crippen LogP contribution is 2.24. The van der Waals surface area contributed by atoms with Crippen molar-refractivity contribution in [3.63, 3.8) is 0 Å². The summed E-state index contributed by atoms with van der Waals surface area (Å²) in [6, 6.07) is 3.81. The summed E-state index contributed by atoms with van der Waals surface area (Å²) in [6.45, 7) is 0.161. The van der Waals surface area contributed by atoms with Crippen molar-refractivity contribution < 1.29 is 23.1 Å². The van der Waals surface area contributed by atoms with Crippen LogP contribution >= 0.6 is 11.6 Å². The van der Waals surface area contributed by atoms with Crippen LogP contribution in [0, 0.1) is 0 Å². The molecular weight excluding hydrogens is 320 g/mol. The number of halogens is 1. The van der Waals surface area contributed by atoms with Gasteiger partial charge in [-0.1, -0.05) is 17.7 Å². The van der Waals surface area contributed by atoms with Gasteiger partial charge >= 0.3 is 12.0 Å². The first-order valence-electron chi connectivity index (χ1n) is 6.08. The molecule has 2 N–H and O–H groups in total. The number of hydrogen-bond acceptors (Lipinski definition) is 4. The molecule has 0 aliphatic carbocycles. The van der Waals surface area contributed by atoms with Crippen molar-refractivity contribution in [3.8, 4) is 0 Å². The first-order chi connectivity index (χ1) is 9.80. The average molecular weight is 333 g/mol. The van der Waals surface area contributed by atoms with Crippen LogP contribution in [0.3, 0.4) is 0 Å². The van der Waals surface area contributed by atoms with Gasteiger partial charge in [-0.15, -0.1) is 0 Å². The summed E-state index contributed by atoms with van der Waals surface area (Å²) in [5, 5.41) is 11.6. The topological polar surface area (TPSA) is 104 Å². The van der Waals surface area contributed by atoms with Crippen molar-refractivity contribution in [1.29, 1.82) is 0 Å². The van der Waals surface area contributed by atoms with E-state index in [1.165, 1.54) is 23.1 Å². The van der Waals surface area contributed by atoms with Gasteiger partial charge in [0.05, 0.1) is 22.2 Å². The van der Waals surface area contributed by atoms with Gasteiger partial charge in [0.25, 0.3) is 0 Å². The van der Waals surface area contributed by atoms with E-state index < -0.39 is 21.8 Å². The Morgan fingerprint density at radius 3 is 2.43 bits per heavy atom. The molecule has 2 rings (SSSR count). The molecule has 2 amide bonds. The Morgan fingerprint density at radius 2 is 1.86 bits per heavy atom. The quantitative estimate of drug-likeness (QED) is 0.849. The number of nitrogens with one attached hydrogen (secondary N) is 1. The first-order valence-corrected chi connectivity index (χ1v) is 8.28. The minimum absolute atomic E-state index is 0.0153. The van der Waals surface area contributed by atoms with Crippen molar-refractivity contribution >= 4 is 39.1 Å². The number of hydrogen-bond donors (Lipinski definition) is 2. The molecule has 1 aliphatic rings. The standard InChI is InChI=1S/C12H13ClN2O5S/c13-8-2-1-3-9(10(8)11(16)17)14-12(18)15-4-6-21(19,20)7-5-15/h1-3H,4-7H2,(H,14,18)(H,16,17). The first kappa shape index (κ1) is 15.6. The predicted octanol–water partition coefficient (Wildman–Crippen LogP) is 1.30. The Hall–Kier alpha value is -1.80. The highest BCUT2D eigenvalue weighted by Gasteiger charge is 2.26. The molecule has 114 valence electrons. The Balaban J connectivity index is 2.14. The van der Waals surface area contributed by atoms with Crippen LogP contribution in [0.2, 0.25) is 5.02 Å². The van der Waals surface area contributed by atoms with Gasteiger partial charge in [-0.05, 0) is 12.1 Å². The van der Waals surface area contributed by atoms with Gasteiger partial charge in [-0.3, -0.25) is 0 Å². The van der Waals surface area contributed by atoms with E-state index in [1.807, 2.05) is 0 Å². The lowest BCUT2D eigenvalue weighted by atomic mass is 10.2. The molecule has 1 heterocycles. The lowest BCUT2D eigenvalue weighted by molar-refractivity contribution is 0.0698. The van der Waals surface area contributed by atoms with Crippen LogP contribution in [0.5, 0.6) is 0 Å². The zero-order chi connectivity index (χ0) is 15.6. The molecule has 0 aromatic heterocycles. The molecule has 0 bridgehead atoms. The minimum atomic E-state index is -3.09. The number of aromatic carboxylic acids is 1. The minimum Gasteiger partial charge on any atom is -0.478 e. The Labute approximate surface area is 126 Å². The number of carboxylic acids is 1. The molecular formula is C12H13ClN2O5S. The van der Waals surface area contributed by atoms with Crippen LogP contribution in [0.25, 0.3) is 0 Å². The molecule has 21 heavy (non-hydrogen) atoms. The lowest BCUT2D eigenvalue weighted by Crippen LogP contribution is -2.45. The Kier molecular flexibility index (Phi) is 4.38. The van der Waals surface area contributed by atoms with Crippen LogP contribution in [0.4, 0.5) is 10.5 Å². The summed E-state index contributed by atoms with van der Waals surface area (Å²) in [6.07, 6.45) is 0. The predicted molar refractivity (Wildman–Crippen MR) is 77.7 cm³/mol. The largest absolute Gasteiger partial charge is 0.478 e. The molecule has 7 nitrogen and oxygen atoms in total. The number of amides is 2. The van der Waals surface area contributed by atoms with E-state index in [0.717, 1.165) is 0 Å². The third kappa shape index (κ3) is 3.64. The van der Waals surface area contributed by atoms with Gasteiger partial charge in [-0.25, -0.2) is 18.0 Å². The van der Waals surface area contributed by atoms with E-state index in [9.17, 15) is 18.0 Å². The van der Waals surface area contributed by atoms with Crippen LogP contribution in [0.15, 0.2) is 18.2 Å². The fourth-order valence-corrected chi connectivity index (χ4v) is 3.41. The maximum Gasteiger partial charge on any atom is 0.339 e. The molecule has 0 spiro atoms. The summed E-state index contributed by atoms with van der Waals surface area (Å²) < 4.78 is 22.6. The Bertz CT molecular complexity index is 675. The van der Waals surface area contributed by atoms with Gasteiger partial charge in [0.2, 0.25) is 0 Å². The van der Waals surface area contributed by atoms with E-state index in [-0.39, 0.29) is 40.9 Å². The smallest absolute Gasteiger partial charge is 0.339 e. The number of carbonyl (C=O) groups is 2. The second-order valence-corrected chi connectivity index (χ2v) is 7.25. The second kappa shape index (κ2) is 5.90. The fraction of sp³-hybridized carbons (Fsp3) is 0.333. The van der Waals surface area contributed by atoms with Gasteiger partial charge in [0.15, 0.2) is 9.84 Å². The van der Waals surface area contributed by atoms with Crippen molar-refractivity contribution in [3.05, 3.63) is 28.8 Å². The molecule has 0 unspecified atom stereocenters. The monoisotopic (exact) mass is 332 g/mol. The normalized spacial score (nSPS) is 17.3. The van der Waals surface area contributed by atoms with E-state index in [4.69, 9.17) is 16.7 Å². The van der Waals surface area contributed by atoms with Gasteiger partial charge < -0.3 is 15.3 Å². The summed E-state index contributed by atoms with van der Waals surface area (Å²) in [5.74, 6) is -1.44. The number of sulfone groups is 1. The third-order valence-electron chi connectivity index (χ3n) is 3.10. The summed E-state index contributed by atoms with van der Waals surface area (Å²) in [7, 11) is -3.09. The second-order valence-electron chi connectivity index (χ2n) is 4.54. The highest BCUT2D eigenvalue weighted by molar-refractivity contribution is 7.91. The van der Waals surface area contributed by atoms with Crippen LogP contribution in [-0.4, -0.2) is 55.0 Å². The number of anilines is 1. The number of urea groups is 1. The van der Waals surface area contributed by atoms with Crippen LogP contribution < -0.4 is 5.32 Å². The summed E-state index contributed by atoms with van der Waals surface area (Å²) in [4.78, 5) is 24.5. The van der Waals surface area contributed by atoms with E-state index in [2.05, 4.69) is 5.32 Å². The highest BCUT2D eigenvalue weighted by atomic mass is 35.5. The molecule has 1 saturated heterocycles. The van der Waals surface area contributed by atoms with Crippen molar-refractivity contribution in [2.45, 2.75) is 0 Å². The molecule has 0 saturated carbocycles. The molecule has 9 heteroatoms. The van der Waals surface area contributed by atoms with E-state index in [0.29, 0.717) is 0 Å². The SMILES string of the molecule is O=C(O)c1c(Cl)cccc1NC(=O)N1CCS(=O)(=O)CC1. The molecule has 1 fully saturated rings. The maximum absolute atomic E-state index is 12.0. The van der Waals surface area contributed by atoms with E-state index in [1.54, 1.807) is 0 Å². The number of carbonyl (C=O) groups excluding carboxylic acids is 1. The number of rotatable bonds is 2. The number of benzene rings is 1. The number of carboxylic acid groups (broad SMARTS) is 1. The van der Waals surface area contributed by atoms with Gasteiger partial charge in [0.1, 0.15) is 5.56 Å². The number of nitrogens with zero attached hydrogens (tertiary/aromatic N) is 1. The van der Waals surface area contributed by atoms with Crippen LogP contribution in [0.1, 0.15) is 10.4 Å². The Morgan fingerprint density at radius 1 is 1.24 bits per heavy atom. The maximum atomic E-state index is 12.0.